The van der Waals surface area contributed by atoms with Crippen molar-refractivity contribution in [2.75, 3.05) is 13.7 Å². The van der Waals surface area contributed by atoms with Crippen LogP contribution in [0.4, 0.5) is 0 Å². The third-order valence-corrected chi connectivity index (χ3v) is 3.71. The minimum atomic E-state index is -0.163. The summed E-state index contributed by atoms with van der Waals surface area (Å²) in [4.78, 5) is 12.1. The fraction of sp³-hybridized carbons (Fsp3) is 0.316. The van der Waals surface area contributed by atoms with Gasteiger partial charge in [-0.15, -0.1) is 0 Å². The van der Waals surface area contributed by atoms with Crippen molar-refractivity contribution >= 4 is 5.91 Å². The fourth-order valence-corrected chi connectivity index (χ4v) is 2.47. The molecule has 0 bridgehead atoms. The number of methoxy groups -OCH3 is 1. The number of hydrogen-bond acceptors (Lipinski definition) is 3. The van der Waals surface area contributed by atoms with E-state index in [4.69, 9.17) is 9.47 Å². The van der Waals surface area contributed by atoms with Crippen LogP contribution in [0.3, 0.4) is 0 Å². The van der Waals surface area contributed by atoms with Crippen LogP contribution in [0.25, 0.3) is 0 Å². The highest BCUT2D eigenvalue weighted by Crippen LogP contribution is 2.25. The average molecular weight is 313 g/mol. The summed E-state index contributed by atoms with van der Waals surface area (Å²) in [5.41, 5.74) is 3.46. The van der Waals surface area contributed by atoms with Crippen molar-refractivity contribution < 1.29 is 14.3 Å². The van der Waals surface area contributed by atoms with Crippen LogP contribution in [0.1, 0.15) is 29.7 Å². The summed E-state index contributed by atoms with van der Waals surface area (Å²) in [5.74, 6) is 1.01. The zero-order valence-corrected chi connectivity index (χ0v) is 14.1. The fourth-order valence-electron chi connectivity index (χ4n) is 2.47. The molecule has 0 saturated carbocycles. The molecular formula is C19H23NO3. The molecule has 2 aromatic rings. The molecule has 2 aromatic carbocycles. The van der Waals surface area contributed by atoms with E-state index in [-0.39, 0.29) is 18.6 Å². The number of carbonyl (C=O) groups excluding carboxylic acids is 1. The molecule has 2 rings (SSSR count). The zero-order valence-electron chi connectivity index (χ0n) is 14.1. The molecule has 1 atom stereocenters. The minimum Gasteiger partial charge on any atom is -0.493 e. The molecule has 1 N–H and O–H groups in total. The second kappa shape index (κ2) is 7.68. The molecule has 0 heterocycles. The van der Waals surface area contributed by atoms with Crippen molar-refractivity contribution in [1.82, 2.24) is 5.32 Å². The number of para-hydroxylation sites is 2. The van der Waals surface area contributed by atoms with Gasteiger partial charge in [-0.05, 0) is 44.0 Å². The number of amides is 1. The molecule has 4 nitrogen and oxygen atoms in total. The maximum atomic E-state index is 12.1. The molecule has 4 heteroatoms. The molecular weight excluding hydrogens is 290 g/mol. The van der Waals surface area contributed by atoms with E-state index in [2.05, 4.69) is 23.5 Å². The lowest BCUT2D eigenvalue weighted by molar-refractivity contribution is -0.123. The number of aryl methyl sites for hydroxylation is 2. The van der Waals surface area contributed by atoms with Crippen LogP contribution >= 0.6 is 0 Å². The summed E-state index contributed by atoms with van der Waals surface area (Å²) in [6, 6.07) is 13.4. The van der Waals surface area contributed by atoms with Gasteiger partial charge in [-0.3, -0.25) is 4.79 Å². The van der Waals surface area contributed by atoms with E-state index in [1.54, 1.807) is 19.2 Å². The molecule has 1 amide bonds. The lowest BCUT2D eigenvalue weighted by Gasteiger charge is -2.18. The van der Waals surface area contributed by atoms with E-state index in [9.17, 15) is 4.79 Å². The number of carbonyl (C=O) groups is 1. The van der Waals surface area contributed by atoms with Crippen molar-refractivity contribution in [2.45, 2.75) is 26.8 Å². The Kier molecular flexibility index (Phi) is 5.63. The molecule has 1 unspecified atom stereocenters. The summed E-state index contributed by atoms with van der Waals surface area (Å²) < 4.78 is 10.7. The second-order valence-corrected chi connectivity index (χ2v) is 5.59. The first-order chi connectivity index (χ1) is 11.0. The Morgan fingerprint density at radius 3 is 2.52 bits per heavy atom. The number of hydrogen-bond donors (Lipinski definition) is 1. The summed E-state index contributed by atoms with van der Waals surface area (Å²) in [5, 5.41) is 2.97. The van der Waals surface area contributed by atoms with Gasteiger partial charge in [0.05, 0.1) is 13.2 Å². The molecule has 0 aliphatic heterocycles. The molecule has 23 heavy (non-hydrogen) atoms. The standard InChI is InChI=1S/C19H23NO3/c1-13-9-10-14(2)16(11-13)15(3)20-19(21)12-23-18-8-6-5-7-17(18)22-4/h5-11,15H,12H2,1-4H3,(H,20,21). The first-order valence-electron chi connectivity index (χ1n) is 7.63. The van der Waals surface area contributed by atoms with Crippen molar-refractivity contribution in [1.29, 1.82) is 0 Å². The first-order valence-corrected chi connectivity index (χ1v) is 7.63. The zero-order chi connectivity index (χ0) is 16.8. The van der Waals surface area contributed by atoms with Gasteiger partial charge in [0.2, 0.25) is 0 Å². The first kappa shape index (κ1) is 16.9. The monoisotopic (exact) mass is 313 g/mol. The highest BCUT2D eigenvalue weighted by Gasteiger charge is 2.13. The largest absolute Gasteiger partial charge is 0.493 e. The van der Waals surface area contributed by atoms with Crippen LogP contribution in [0.15, 0.2) is 42.5 Å². The lowest BCUT2D eigenvalue weighted by atomic mass is 10.00. The Bertz CT molecular complexity index is 682. The van der Waals surface area contributed by atoms with Crippen molar-refractivity contribution in [3.05, 3.63) is 59.2 Å². The third kappa shape index (κ3) is 4.49. The minimum absolute atomic E-state index is 0.0461. The van der Waals surface area contributed by atoms with E-state index >= 15 is 0 Å². The van der Waals surface area contributed by atoms with Crippen LogP contribution in [0, 0.1) is 13.8 Å². The van der Waals surface area contributed by atoms with E-state index in [0.717, 1.165) is 11.1 Å². The van der Waals surface area contributed by atoms with Gasteiger partial charge in [-0.1, -0.05) is 35.9 Å². The van der Waals surface area contributed by atoms with Gasteiger partial charge >= 0.3 is 0 Å². The highest BCUT2D eigenvalue weighted by atomic mass is 16.5. The van der Waals surface area contributed by atoms with Crippen LogP contribution < -0.4 is 14.8 Å². The van der Waals surface area contributed by atoms with E-state index < -0.39 is 0 Å². The van der Waals surface area contributed by atoms with E-state index in [1.165, 1.54) is 5.56 Å². The van der Waals surface area contributed by atoms with E-state index in [0.29, 0.717) is 11.5 Å². The van der Waals surface area contributed by atoms with E-state index in [1.807, 2.05) is 32.9 Å². The van der Waals surface area contributed by atoms with Gasteiger partial charge in [-0.2, -0.15) is 0 Å². The van der Waals surface area contributed by atoms with Gasteiger partial charge < -0.3 is 14.8 Å². The van der Waals surface area contributed by atoms with Crippen molar-refractivity contribution in [3.8, 4) is 11.5 Å². The van der Waals surface area contributed by atoms with Gasteiger partial charge in [0.25, 0.3) is 5.91 Å². The molecule has 122 valence electrons. The average Bonchev–Trinajstić information content (AvgIpc) is 2.55. The Hall–Kier alpha value is -2.49. The SMILES string of the molecule is COc1ccccc1OCC(=O)NC(C)c1cc(C)ccc1C. The maximum Gasteiger partial charge on any atom is 0.258 e. The Labute approximate surface area is 137 Å². The third-order valence-electron chi connectivity index (χ3n) is 3.71. The Balaban J connectivity index is 1.95. The smallest absolute Gasteiger partial charge is 0.258 e. The summed E-state index contributed by atoms with van der Waals surface area (Å²) in [6.45, 7) is 6.02. The maximum absolute atomic E-state index is 12.1. The molecule has 0 aliphatic rings. The van der Waals surface area contributed by atoms with Gasteiger partial charge in [0, 0.05) is 0 Å². The highest BCUT2D eigenvalue weighted by molar-refractivity contribution is 5.78. The van der Waals surface area contributed by atoms with Crippen LogP contribution in [-0.4, -0.2) is 19.6 Å². The van der Waals surface area contributed by atoms with Gasteiger partial charge in [0.15, 0.2) is 18.1 Å². The number of nitrogens with one attached hydrogen (secondary N) is 1. The predicted octanol–water partition coefficient (Wildman–Crippen LogP) is 3.57. The summed E-state index contributed by atoms with van der Waals surface area (Å²) >= 11 is 0. The van der Waals surface area contributed by atoms with Crippen LogP contribution in [0.2, 0.25) is 0 Å². The second-order valence-electron chi connectivity index (χ2n) is 5.59. The number of ether oxygens (including phenoxy) is 2. The Morgan fingerprint density at radius 2 is 1.83 bits per heavy atom. The summed E-state index contributed by atoms with van der Waals surface area (Å²) in [7, 11) is 1.57. The Morgan fingerprint density at radius 1 is 1.13 bits per heavy atom. The van der Waals surface area contributed by atoms with Crippen molar-refractivity contribution in [2.24, 2.45) is 0 Å². The van der Waals surface area contributed by atoms with Crippen LogP contribution in [0.5, 0.6) is 11.5 Å². The normalized spacial score (nSPS) is 11.7. The molecule has 0 fully saturated rings. The number of rotatable bonds is 6. The number of benzene rings is 2. The molecule has 0 saturated heterocycles. The van der Waals surface area contributed by atoms with Crippen LogP contribution in [-0.2, 0) is 4.79 Å². The predicted molar refractivity (Wildman–Crippen MR) is 91.0 cm³/mol. The lowest BCUT2D eigenvalue weighted by Crippen LogP contribution is -2.31. The molecule has 0 aliphatic carbocycles. The molecule has 0 radical (unpaired) electrons. The molecule has 0 aromatic heterocycles. The topological polar surface area (TPSA) is 47.6 Å². The van der Waals surface area contributed by atoms with Gasteiger partial charge in [0.1, 0.15) is 0 Å². The quantitative estimate of drug-likeness (QED) is 0.887. The van der Waals surface area contributed by atoms with Crippen molar-refractivity contribution in [3.63, 3.8) is 0 Å². The molecule has 0 spiro atoms. The van der Waals surface area contributed by atoms with Gasteiger partial charge in [-0.25, -0.2) is 0 Å². The summed E-state index contributed by atoms with van der Waals surface area (Å²) in [6.07, 6.45) is 0.